The molecule has 1 N–H and O–H groups in total. The summed E-state index contributed by atoms with van der Waals surface area (Å²) in [4.78, 5) is 12.1. The summed E-state index contributed by atoms with van der Waals surface area (Å²) in [6.07, 6.45) is 13.7. The Hall–Kier alpha value is -4.13. The molecule has 1 aromatic carbocycles. The molecule has 376 valence electrons. The summed E-state index contributed by atoms with van der Waals surface area (Å²) in [6.45, 7) is 11.8. The zero-order valence-corrected chi connectivity index (χ0v) is 40.3. The molecule has 5 heterocycles. The van der Waals surface area contributed by atoms with Crippen LogP contribution in [0.25, 0.3) is 11.1 Å². The van der Waals surface area contributed by atoms with Crippen LogP contribution in [-0.4, -0.2) is 195 Å². The number of nitrogens with zero attached hydrogens (tertiary/aromatic N) is 9. The number of rotatable bonds is 34. The third-order valence-corrected chi connectivity index (χ3v) is 12.2. The lowest BCUT2D eigenvalue weighted by Gasteiger charge is -2.43. The predicted octanol–water partition coefficient (Wildman–Crippen LogP) is 4.68. The first-order chi connectivity index (χ1) is 33.5. The van der Waals surface area contributed by atoms with E-state index in [-0.39, 0.29) is 12.1 Å². The van der Waals surface area contributed by atoms with Crippen LogP contribution in [-0.2, 0) is 49.2 Å². The second-order valence-electron chi connectivity index (χ2n) is 16.8. The maximum absolute atomic E-state index is 6.51. The van der Waals surface area contributed by atoms with Gasteiger partial charge in [0, 0.05) is 43.2 Å². The number of morpholine rings is 1. The second kappa shape index (κ2) is 29.1. The van der Waals surface area contributed by atoms with Gasteiger partial charge in [-0.15, -0.1) is 10.2 Å². The first-order valence-corrected chi connectivity index (χ1v) is 24.3. The van der Waals surface area contributed by atoms with Gasteiger partial charge in [-0.1, -0.05) is 17.7 Å². The first kappa shape index (κ1) is 51.7. The van der Waals surface area contributed by atoms with Crippen LogP contribution in [0.4, 0.5) is 11.6 Å². The third-order valence-electron chi connectivity index (χ3n) is 11.9. The molecule has 1 aliphatic carbocycles. The van der Waals surface area contributed by atoms with Gasteiger partial charge in [-0.05, 0) is 73.6 Å². The fourth-order valence-corrected chi connectivity index (χ4v) is 8.77. The van der Waals surface area contributed by atoms with E-state index in [2.05, 4.69) is 35.7 Å². The number of hydrogen-bond donors (Lipinski definition) is 1. The number of tetrazole rings is 1. The highest BCUT2D eigenvalue weighted by atomic mass is 35.5. The minimum absolute atomic E-state index is 0.228. The lowest BCUT2D eigenvalue weighted by Crippen LogP contribution is -2.52. The Morgan fingerprint density at radius 3 is 1.79 bits per heavy atom. The molecule has 4 aromatic rings. The van der Waals surface area contributed by atoms with E-state index in [0.29, 0.717) is 159 Å². The monoisotopic (exact) mass is 972 g/mol. The summed E-state index contributed by atoms with van der Waals surface area (Å²) in [7, 11) is 1.65. The number of hydrogen-bond acceptors (Lipinski definition) is 19. The standard InChI is InChI=1S/C46H69ClN10O11/c1-35(30-55-34-50-53-54-55)68-44-27-36(3-10-42(44)47)37-28-48-46(49-29-37)51-43-31-56(38-4-6-39(7-5-38)57-40-8-9-41(57)33-66-32-40)52-45(43)67-26-25-65-24-23-64-22-21-63-20-19-62-18-17-61-16-15-60-14-13-59-12-11-58-2/h3,10,27-29,31,34-35,38-41H,4-9,11-26,30,32-33H2,1-2H3,(H,48,49,51)/t35-,38-,39-,40-,41+/m0/s1. The average Bonchev–Trinajstić information content (AvgIpc) is 4.08. The van der Waals surface area contributed by atoms with E-state index in [1.165, 1.54) is 12.8 Å². The number of methoxy groups -OCH3 is 1. The van der Waals surface area contributed by atoms with Crippen LogP contribution in [0.1, 0.15) is 51.5 Å². The maximum Gasteiger partial charge on any atom is 0.257 e. The van der Waals surface area contributed by atoms with Gasteiger partial charge in [0.2, 0.25) is 5.95 Å². The van der Waals surface area contributed by atoms with E-state index in [1.54, 1.807) is 36.6 Å². The number of halogens is 1. The van der Waals surface area contributed by atoms with Crippen molar-refractivity contribution in [3.8, 4) is 22.8 Å². The Morgan fingerprint density at radius 2 is 1.24 bits per heavy atom. The van der Waals surface area contributed by atoms with Crippen molar-refractivity contribution in [3.05, 3.63) is 48.1 Å². The molecule has 0 radical (unpaired) electrons. The lowest BCUT2D eigenvalue weighted by molar-refractivity contribution is -0.0458. The summed E-state index contributed by atoms with van der Waals surface area (Å²) in [5.41, 5.74) is 2.34. The zero-order valence-electron chi connectivity index (χ0n) is 39.5. The summed E-state index contributed by atoms with van der Waals surface area (Å²) < 4.78 is 65.8. The molecule has 0 spiro atoms. The van der Waals surface area contributed by atoms with E-state index in [4.69, 9.17) is 68.8 Å². The van der Waals surface area contributed by atoms with Crippen molar-refractivity contribution < 1.29 is 52.1 Å². The van der Waals surface area contributed by atoms with Crippen molar-refractivity contribution in [3.63, 3.8) is 0 Å². The lowest BCUT2D eigenvalue weighted by atomic mass is 9.89. The second-order valence-corrected chi connectivity index (χ2v) is 17.2. The van der Waals surface area contributed by atoms with Crippen molar-refractivity contribution in [1.82, 2.24) is 44.9 Å². The predicted molar refractivity (Wildman–Crippen MR) is 250 cm³/mol. The molecular formula is C46H69ClN10O11. The molecule has 22 heteroatoms. The van der Waals surface area contributed by atoms with Crippen LogP contribution in [0.15, 0.2) is 43.1 Å². The minimum Gasteiger partial charge on any atom is -0.487 e. The van der Waals surface area contributed by atoms with Gasteiger partial charge in [0.1, 0.15) is 30.5 Å². The van der Waals surface area contributed by atoms with Crippen LogP contribution in [0.5, 0.6) is 11.6 Å². The molecule has 3 fully saturated rings. The van der Waals surface area contributed by atoms with Gasteiger partial charge in [-0.2, -0.15) is 0 Å². The fraction of sp³-hybridized carbons (Fsp3) is 0.696. The molecule has 7 rings (SSSR count). The van der Waals surface area contributed by atoms with E-state index in [1.807, 2.05) is 29.9 Å². The van der Waals surface area contributed by atoms with Crippen molar-refractivity contribution in [2.24, 2.45) is 0 Å². The molecule has 1 saturated carbocycles. The molecule has 68 heavy (non-hydrogen) atoms. The van der Waals surface area contributed by atoms with Gasteiger partial charge in [0.15, 0.2) is 0 Å². The molecule has 21 nitrogen and oxygen atoms in total. The summed E-state index contributed by atoms with van der Waals surface area (Å²) in [6, 6.07) is 7.56. The highest BCUT2D eigenvalue weighted by molar-refractivity contribution is 6.32. The summed E-state index contributed by atoms with van der Waals surface area (Å²) in [5.74, 6) is 1.42. The van der Waals surface area contributed by atoms with Crippen LogP contribution in [0.3, 0.4) is 0 Å². The van der Waals surface area contributed by atoms with E-state index in [9.17, 15) is 0 Å². The van der Waals surface area contributed by atoms with E-state index in [0.717, 1.165) is 50.0 Å². The van der Waals surface area contributed by atoms with Crippen LogP contribution in [0, 0.1) is 0 Å². The molecule has 3 aliphatic rings. The quantitative estimate of drug-likeness (QED) is 0.0632. The number of ether oxygens (including phenoxy) is 11. The molecular weight excluding hydrogens is 904 g/mol. The molecule has 2 aliphatic heterocycles. The largest absolute Gasteiger partial charge is 0.487 e. The summed E-state index contributed by atoms with van der Waals surface area (Å²) in [5, 5.41) is 20.1. The SMILES string of the molecule is COCCOCCOCCOCCOCCOCCOCCOCCOc1nn([C@H]2CC[C@H](N3[C@@H]4CC[C@H]3COC4)CC2)cc1Nc1ncc(-c2ccc(Cl)c(O[C@@H](C)Cn3cnnn3)c2)cn1. The normalized spacial score (nSPS) is 19.9. The van der Waals surface area contributed by atoms with Crippen molar-refractivity contribution in [1.29, 1.82) is 0 Å². The molecule has 3 aromatic heterocycles. The topological polar surface area (TPSA) is 204 Å². The Morgan fingerprint density at radius 1 is 0.691 bits per heavy atom. The van der Waals surface area contributed by atoms with Gasteiger partial charge >= 0.3 is 0 Å². The Kier molecular flexibility index (Phi) is 22.2. The third kappa shape index (κ3) is 16.8. The Bertz CT molecular complexity index is 1960. The van der Waals surface area contributed by atoms with Gasteiger partial charge in [-0.25, -0.2) is 14.6 Å². The molecule has 0 unspecified atom stereocenters. The number of aromatic nitrogens is 8. The van der Waals surface area contributed by atoms with Crippen LogP contribution < -0.4 is 14.8 Å². The van der Waals surface area contributed by atoms with Gasteiger partial charge in [0.25, 0.3) is 5.88 Å². The fourth-order valence-electron chi connectivity index (χ4n) is 8.61. The first-order valence-electron chi connectivity index (χ1n) is 23.9. The van der Waals surface area contributed by atoms with Gasteiger partial charge < -0.3 is 57.4 Å². The molecule has 3 atom stereocenters. The summed E-state index contributed by atoms with van der Waals surface area (Å²) >= 11 is 6.51. The van der Waals surface area contributed by atoms with Crippen LogP contribution in [0.2, 0.25) is 5.02 Å². The Balaban J connectivity index is 0.811. The zero-order chi connectivity index (χ0) is 47.0. The maximum atomic E-state index is 6.51. The highest BCUT2D eigenvalue weighted by Crippen LogP contribution is 2.40. The van der Waals surface area contributed by atoms with Crippen molar-refractivity contribution in [2.75, 3.05) is 131 Å². The van der Waals surface area contributed by atoms with Gasteiger partial charge in [-0.3, -0.25) is 9.58 Å². The molecule has 2 saturated heterocycles. The number of nitrogens with one attached hydrogen (secondary N) is 1. The van der Waals surface area contributed by atoms with E-state index < -0.39 is 0 Å². The smallest absolute Gasteiger partial charge is 0.257 e. The number of fused-ring (bicyclic) bond motifs is 2. The molecule has 2 bridgehead atoms. The average molecular weight is 974 g/mol. The molecule has 0 amide bonds. The number of benzene rings is 1. The number of anilines is 2. The van der Waals surface area contributed by atoms with Crippen molar-refractivity contribution in [2.45, 2.75) is 82.3 Å². The Labute approximate surface area is 403 Å². The minimum atomic E-state index is -0.228. The van der Waals surface area contributed by atoms with E-state index >= 15 is 0 Å². The van der Waals surface area contributed by atoms with Gasteiger partial charge in [0.05, 0.1) is 136 Å². The highest BCUT2D eigenvalue weighted by Gasteiger charge is 2.42. The van der Waals surface area contributed by atoms with Crippen LogP contribution >= 0.6 is 11.6 Å². The van der Waals surface area contributed by atoms with Crippen molar-refractivity contribution >= 4 is 23.2 Å².